The molecule has 112 valence electrons. The van der Waals surface area contributed by atoms with Gasteiger partial charge in [0.05, 0.1) is 0 Å². The van der Waals surface area contributed by atoms with Crippen molar-refractivity contribution in [2.75, 3.05) is 13.1 Å². The highest BCUT2D eigenvalue weighted by molar-refractivity contribution is 9.10. The Hall–Kier alpha value is -0.900. The Morgan fingerprint density at radius 2 is 1.75 bits per heavy atom. The largest absolute Gasteiger partial charge is 0.337 e. The molecule has 1 rings (SSSR count). The summed E-state index contributed by atoms with van der Waals surface area (Å²) < 4.78 is 0.779. The molecule has 0 unspecified atom stereocenters. The van der Waals surface area contributed by atoms with Gasteiger partial charge in [0, 0.05) is 23.8 Å². The van der Waals surface area contributed by atoms with Crippen LogP contribution >= 0.6 is 15.9 Å². The summed E-state index contributed by atoms with van der Waals surface area (Å²) in [5.41, 5.74) is 0.528. The number of unbranched alkanes of at least 4 members (excludes halogenated alkanes) is 4. The van der Waals surface area contributed by atoms with Gasteiger partial charge in [-0.1, -0.05) is 39.5 Å². The van der Waals surface area contributed by atoms with E-state index in [0.717, 1.165) is 30.4 Å². The van der Waals surface area contributed by atoms with E-state index in [0.29, 0.717) is 5.69 Å². The second kappa shape index (κ2) is 9.92. The standard InChI is InChI=1S/C16H25BrN2O/c1-3-5-7-12-19(13-8-6-4-2)16(20)15-14(17)10-9-11-18-15/h9-11H,3-8,12-13H2,1-2H3. The third-order valence-electron chi connectivity index (χ3n) is 3.31. The molecule has 3 nitrogen and oxygen atoms in total. The van der Waals surface area contributed by atoms with Gasteiger partial charge in [0.15, 0.2) is 0 Å². The summed E-state index contributed by atoms with van der Waals surface area (Å²) in [6, 6.07) is 3.70. The van der Waals surface area contributed by atoms with E-state index < -0.39 is 0 Å². The number of hydrogen-bond donors (Lipinski definition) is 0. The molecular weight excluding hydrogens is 316 g/mol. The fourth-order valence-corrected chi connectivity index (χ4v) is 2.54. The topological polar surface area (TPSA) is 33.2 Å². The summed E-state index contributed by atoms with van der Waals surface area (Å²) in [5.74, 6) is 0.0460. The average molecular weight is 341 g/mol. The van der Waals surface area contributed by atoms with Gasteiger partial charge >= 0.3 is 0 Å². The van der Waals surface area contributed by atoms with Gasteiger partial charge in [0.25, 0.3) is 5.91 Å². The van der Waals surface area contributed by atoms with E-state index in [1.165, 1.54) is 25.7 Å². The molecule has 1 aromatic heterocycles. The monoisotopic (exact) mass is 340 g/mol. The van der Waals surface area contributed by atoms with Crippen LogP contribution in [0.3, 0.4) is 0 Å². The molecule has 0 saturated carbocycles. The smallest absolute Gasteiger partial charge is 0.273 e. The number of rotatable bonds is 9. The summed E-state index contributed by atoms with van der Waals surface area (Å²) in [6.07, 6.45) is 8.49. The van der Waals surface area contributed by atoms with Crippen LogP contribution in [0.15, 0.2) is 22.8 Å². The number of carbonyl (C=O) groups is 1. The van der Waals surface area contributed by atoms with E-state index in [1.807, 2.05) is 17.0 Å². The molecule has 0 aliphatic rings. The summed E-state index contributed by atoms with van der Waals surface area (Å²) in [5, 5.41) is 0. The Morgan fingerprint density at radius 3 is 2.25 bits per heavy atom. The van der Waals surface area contributed by atoms with Crippen molar-refractivity contribution >= 4 is 21.8 Å². The number of hydrogen-bond acceptors (Lipinski definition) is 2. The van der Waals surface area contributed by atoms with Crippen molar-refractivity contribution in [2.24, 2.45) is 0 Å². The van der Waals surface area contributed by atoms with Crippen molar-refractivity contribution in [1.82, 2.24) is 9.88 Å². The van der Waals surface area contributed by atoms with E-state index in [4.69, 9.17) is 0 Å². The van der Waals surface area contributed by atoms with E-state index in [-0.39, 0.29) is 5.91 Å². The summed E-state index contributed by atoms with van der Waals surface area (Å²) in [6.45, 7) is 6.02. The van der Waals surface area contributed by atoms with E-state index >= 15 is 0 Å². The molecule has 1 heterocycles. The number of amides is 1. The summed E-state index contributed by atoms with van der Waals surface area (Å²) >= 11 is 3.42. The number of halogens is 1. The molecule has 0 N–H and O–H groups in total. The quantitative estimate of drug-likeness (QED) is 0.612. The molecule has 20 heavy (non-hydrogen) atoms. The minimum absolute atomic E-state index is 0.0460. The predicted molar refractivity (Wildman–Crippen MR) is 86.9 cm³/mol. The molecule has 0 aliphatic carbocycles. The van der Waals surface area contributed by atoms with Crippen LogP contribution in [0.4, 0.5) is 0 Å². The Morgan fingerprint density at radius 1 is 1.15 bits per heavy atom. The lowest BCUT2D eigenvalue weighted by Gasteiger charge is -2.22. The van der Waals surface area contributed by atoms with Gasteiger partial charge in [-0.3, -0.25) is 4.79 Å². The normalized spacial score (nSPS) is 10.6. The fourth-order valence-electron chi connectivity index (χ4n) is 2.11. The number of carbonyl (C=O) groups excluding carboxylic acids is 1. The Bertz CT molecular complexity index is 399. The Kier molecular flexibility index (Phi) is 8.51. The van der Waals surface area contributed by atoms with Crippen LogP contribution in [0.5, 0.6) is 0 Å². The highest BCUT2D eigenvalue weighted by atomic mass is 79.9. The number of nitrogens with zero attached hydrogens (tertiary/aromatic N) is 2. The van der Waals surface area contributed by atoms with Crippen LogP contribution in [0.2, 0.25) is 0 Å². The maximum Gasteiger partial charge on any atom is 0.273 e. The number of pyridine rings is 1. The van der Waals surface area contributed by atoms with Crippen LogP contribution in [0.1, 0.15) is 62.9 Å². The van der Waals surface area contributed by atoms with Crippen molar-refractivity contribution in [1.29, 1.82) is 0 Å². The fraction of sp³-hybridized carbons (Fsp3) is 0.625. The zero-order valence-corrected chi connectivity index (χ0v) is 14.2. The summed E-state index contributed by atoms with van der Waals surface area (Å²) in [7, 11) is 0. The zero-order chi connectivity index (χ0) is 14.8. The van der Waals surface area contributed by atoms with Crippen LogP contribution < -0.4 is 0 Å². The molecule has 0 atom stereocenters. The molecule has 0 fully saturated rings. The Labute approximate surface area is 130 Å². The molecule has 0 aromatic carbocycles. The zero-order valence-electron chi connectivity index (χ0n) is 12.6. The highest BCUT2D eigenvalue weighted by Crippen LogP contribution is 2.16. The second-order valence-corrected chi connectivity index (χ2v) is 5.89. The first-order valence-corrected chi connectivity index (χ1v) is 8.39. The molecule has 1 aromatic rings. The van der Waals surface area contributed by atoms with Gasteiger partial charge in [-0.25, -0.2) is 4.98 Å². The highest BCUT2D eigenvalue weighted by Gasteiger charge is 2.18. The third kappa shape index (κ3) is 5.61. The van der Waals surface area contributed by atoms with E-state index in [1.54, 1.807) is 6.20 Å². The first-order valence-electron chi connectivity index (χ1n) is 7.60. The van der Waals surface area contributed by atoms with Crippen molar-refractivity contribution in [3.63, 3.8) is 0 Å². The van der Waals surface area contributed by atoms with Crippen LogP contribution in [0.25, 0.3) is 0 Å². The van der Waals surface area contributed by atoms with Gasteiger partial charge in [0.2, 0.25) is 0 Å². The van der Waals surface area contributed by atoms with Gasteiger partial charge in [0.1, 0.15) is 5.69 Å². The van der Waals surface area contributed by atoms with Crippen molar-refractivity contribution < 1.29 is 4.79 Å². The third-order valence-corrected chi connectivity index (χ3v) is 3.95. The van der Waals surface area contributed by atoms with Gasteiger partial charge in [-0.15, -0.1) is 0 Å². The lowest BCUT2D eigenvalue weighted by molar-refractivity contribution is 0.0742. The van der Waals surface area contributed by atoms with Crippen LogP contribution in [-0.2, 0) is 0 Å². The molecule has 0 aliphatic heterocycles. The molecule has 0 bridgehead atoms. The minimum atomic E-state index is 0.0460. The molecule has 0 saturated heterocycles. The van der Waals surface area contributed by atoms with E-state index in [2.05, 4.69) is 34.8 Å². The number of aromatic nitrogens is 1. The second-order valence-electron chi connectivity index (χ2n) is 5.04. The molecule has 0 radical (unpaired) electrons. The van der Waals surface area contributed by atoms with Gasteiger partial charge in [-0.05, 0) is 40.9 Å². The maximum atomic E-state index is 12.6. The van der Waals surface area contributed by atoms with Crippen molar-refractivity contribution in [2.45, 2.75) is 52.4 Å². The molecule has 0 spiro atoms. The Balaban J connectivity index is 2.69. The molecular formula is C16H25BrN2O. The van der Waals surface area contributed by atoms with Crippen LogP contribution in [0, 0.1) is 0 Å². The lowest BCUT2D eigenvalue weighted by atomic mass is 10.2. The van der Waals surface area contributed by atoms with E-state index in [9.17, 15) is 4.79 Å². The predicted octanol–water partition coefficient (Wildman–Crippen LogP) is 4.67. The van der Waals surface area contributed by atoms with Gasteiger partial charge in [-0.2, -0.15) is 0 Å². The summed E-state index contributed by atoms with van der Waals surface area (Å²) in [4.78, 5) is 18.8. The first-order chi connectivity index (χ1) is 9.70. The minimum Gasteiger partial charge on any atom is -0.337 e. The molecule has 1 amide bonds. The SMILES string of the molecule is CCCCCN(CCCCC)C(=O)c1ncccc1Br. The lowest BCUT2D eigenvalue weighted by Crippen LogP contribution is -2.33. The van der Waals surface area contributed by atoms with Crippen molar-refractivity contribution in [3.8, 4) is 0 Å². The first kappa shape index (κ1) is 17.2. The average Bonchev–Trinajstić information content (AvgIpc) is 2.46. The van der Waals surface area contributed by atoms with Crippen molar-refractivity contribution in [3.05, 3.63) is 28.5 Å². The molecule has 4 heteroatoms. The van der Waals surface area contributed by atoms with Crippen LogP contribution in [-0.4, -0.2) is 28.9 Å². The maximum absolute atomic E-state index is 12.6. The van der Waals surface area contributed by atoms with Gasteiger partial charge < -0.3 is 4.90 Å².